The van der Waals surface area contributed by atoms with Crippen LogP contribution in [0.2, 0.25) is 0 Å². The number of hydrogen-bond acceptors (Lipinski definition) is 5. The predicted molar refractivity (Wildman–Crippen MR) is 106 cm³/mol. The van der Waals surface area contributed by atoms with Gasteiger partial charge >= 0.3 is 0 Å². The third-order valence-corrected chi connectivity index (χ3v) is 5.39. The van der Waals surface area contributed by atoms with Gasteiger partial charge in [-0.25, -0.2) is 14.4 Å². The maximum absolute atomic E-state index is 13.5. The fourth-order valence-corrected chi connectivity index (χ4v) is 4.01. The van der Waals surface area contributed by atoms with Crippen LogP contribution >= 0.6 is 0 Å². The van der Waals surface area contributed by atoms with Crippen molar-refractivity contribution in [1.82, 2.24) is 20.0 Å². The fourth-order valence-electron chi connectivity index (χ4n) is 4.01. The van der Waals surface area contributed by atoms with E-state index in [1.165, 1.54) is 12.1 Å². The predicted octanol–water partition coefficient (Wildman–Crippen LogP) is 3.98. The number of rotatable bonds is 4. The van der Waals surface area contributed by atoms with Crippen LogP contribution in [0.3, 0.4) is 0 Å². The van der Waals surface area contributed by atoms with Gasteiger partial charge in [-0.2, -0.15) is 0 Å². The Morgan fingerprint density at radius 1 is 1.28 bits per heavy atom. The van der Waals surface area contributed by atoms with E-state index < -0.39 is 5.82 Å². The number of aryl methyl sites for hydroxylation is 2. The molecule has 0 N–H and O–H groups in total. The van der Waals surface area contributed by atoms with E-state index in [0.717, 1.165) is 47.7 Å². The number of benzene rings is 1. The van der Waals surface area contributed by atoms with Crippen molar-refractivity contribution in [2.45, 2.75) is 33.1 Å². The van der Waals surface area contributed by atoms with Gasteiger partial charge in [-0.3, -0.25) is 4.79 Å². The summed E-state index contributed by atoms with van der Waals surface area (Å²) in [6.45, 7) is 5.10. The van der Waals surface area contributed by atoms with E-state index in [1.807, 2.05) is 24.8 Å². The van der Waals surface area contributed by atoms with Crippen molar-refractivity contribution in [3.8, 4) is 11.3 Å². The Labute approximate surface area is 168 Å². The molecule has 1 aromatic carbocycles. The van der Waals surface area contributed by atoms with Crippen LogP contribution in [0.15, 0.2) is 41.2 Å². The molecule has 6 nitrogen and oxygen atoms in total. The van der Waals surface area contributed by atoms with Gasteiger partial charge in [0.1, 0.15) is 17.9 Å². The molecule has 0 radical (unpaired) electrons. The molecule has 1 fully saturated rings. The molecule has 1 unspecified atom stereocenters. The first kappa shape index (κ1) is 19.2. The summed E-state index contributed by atoms with van der Waals surface area (Å²) in [5.74, 6) is 0.524. The van der Waals surface area contributed by atoms with Gasteiger partial charge in [-0.05, 0) is 63.3 Å². The summed E-state index contributed by atoms with van der Waals surface area (Å²) in [5, 5.41) is 4.00. The molecule has 29 heavy (non-hydrogen) atoms. The summed E-state index contributed by atoms with van der Waals surface area (Å²) in [4.78, 5) is 23.4. The number of aromatic nitrogens is 3. The zero-order valence-corrected chi connectivity index (χ0v) is 16.6. The minimum absolute atomic E-state index is 0.117. The molecule has 2 aromatic heterocycles. The van der Waals surface area contributed by atoms with Gasteiger partial charge in [-0.15, -0.1) is 0 Å². The lowest BCUT2D eigenvalue weighted by Crippen LogP contribution is -2.40. The number of halogens is 1. The second kappa shape index (κ2) is 8.11. The SMILES string of the molecule is Cc1noc(C)c1-c1cc(CC2CCCN(C(=O)c3cccc(F)c3)C2)ncn1. The first-order valence-electron chi connectivity index (χ1n) is 9.80. The normalized spacial score (nSPS) is 16.8. The van der Waals surface area contributed by atoms with E-state index in [1.54, 1.807) is 18.5 Å². The van der Waals surface area contributed by atoms with Crippen LogP contribution in [0.4, 0.5) is 4.39 Å². The molecule has 3 heterocycles. The fraction of sp³-hybridized carbons (Fsp3) is 0.364. The highest BCUT2D eigenvalue weighted by atomic mass is 19.1. The van der Waals surface area contributed by atoms with Crippen molar-refractivity contribution in [2.75, 3.05) is 13.1 Å². The molecular weight excluding hydrogens is 371 g/mol. The largest absolute Gasteiger partial charge is 0.361 e. The van der Waals surface area contributed by atoms with E-state index >= 15 is 0 Å². The lowest BCUT2D eigenvalue weighted by Gasteiger charge is -2.32. The van der Waals surface area contributed by atoms with E-state index in [4.69, 9.17) is 4.52 Å². The van der Waals surface area contributed by atoms with Crippen molar-refractivity contribution in [1.29, 1.82) is 0 Å². The Kier molecular flexibility index (Phi) is 5.38. The lowest BCUT2D eigenvalue weighted by molar-refractivity contribution is 0.0672. The monoisotopic (exact) mass is 394 g/mol. The number of likely N-dealkylation sites (tertiary alicyclic amines) is 1. The van der Waals surface area contributed by atoms with Crippen LogP contribution in [0, 0.1) is 25.6 Å². The summed E-state index contributed by atoms with van der Waals surface area (Å²) in [6, 6.07) is 7.85. The average molecular weight is 394 g/mol. The number of nitrogens with zero attached hydrogens (tertiary/aromatic N) is 4. The molecule has 150 valence electrons. The highest BCUT2D eigenvalue weighted by Gasteiger charge is 2.25. The number of amides is 1. The van der Waals surface area contributed by atoms with Crippen molar-refractivity contribution < 1.29 is 13.7 Å². The van der Waals surface area contributed by atoms with Gasteiger partial charge in [-0.1, -0.05) is 11.2 Å². The lowest BCUT2D eigenvalue weighted by atomic mass is 9.92. The Balaban J connectivity index is 1.47. The van der Waals surface area contributed by atoms with Gasteiger partial charge in [0.2, 0.25) is 0 Å². The molecule has 1 saturated heterocycles. The van der Waals surface area contributed by atoms with Crippen molar-refractivity contribution in [2.24, 2.45) is 5.92 Å². The maximum atomic E-state index is 13.5. The van der Waals surface area contributed by atoms with Gasteiger partial charge in [0.25, 0.3) is 5.91 Å². The molecule has 0 spiro atoms. The highest BCUT2D eigenvalue weighted by Crippen LogP contribution is 2.27. The number of carbonyl (C=O) groups is 1. The van der Waals surface area contributed by atoms with Gasteiger partial charge in [0.15, 0.2) is 0 Å². The second-order valence-electron chi connectivity index (χ2n) is 7.57. The summed E-state index contributed by atoms with van der Waals surface area (Å²) in [5.41, 5.74) is 3.83. The zero-order chi connectivity index (χ0) is 20.4. The van der Waals surface area contributed by atoms with E-state index in [2.05, 4.69) is 15.1 Å². The molecule has 7 heteroatoms. The van der Waals surface area contributed by atoms with E-state index in [-0.39, 0.29) is 5.91 Å². The number of hydrogen-bond donors (Lipinski definition) is 0. The number of piperidine rings is 1. The number of carbonyl (C=O) groups excluding carboxylic acids is 1. The third kappa shape index (κ3) is 4.18. The first-order chi connectivity index (χ1) is 14.0. The van der Waals surface area contributed by atoms with Crippen LogP contribution < -0.4 is 0 Å². The standard InChI is InChI=1S/C22H23FN4O2/c1-14-21(15(2)29-26-14)20-11-19(24-13-25-20)9-16-5-4-8-27(12-16)22(28)17-6-3-7-18(23)10-17/h3,6-7,10-11,13,16H,4-5,8-9,12H2,1-2H3. The maximum Gasteiger partial charge on any atom is 0.253 e. The molecule has 0 aliphatic carbocycles. The second-order valence-corrected chi connectivity index (χ2v) is 7.57. The summed E-state index contributed by atoms with van der Waals surface area (Å²) in [7, 11) is 0. The molecule has 1 atom stereocenters. The van der Waals surface area contributed by atoms with Crippen LogP contribution in [0.5, 0.6) is 0 Å². The van der Waals surface area contributed by atoms with Crippen LogP contribution in [-0.4, -0.2) is 39.0 Å². The van der Waals surface area contributed by atoms with E-state index in [9.17, 15) is 9.18 Å². The molecular formula is C22H23FN4O2. The molecule has 4 rings (SSSR count). The molecule has 0 bridgehead atoms. The van der Waals surface area contributed by atoms with Gasteiger partial charge < -0.3 is 9.42 Å². The van der Waals surface area contributed by atoms with Crippen molar-refractivity contribution in [3.05, 3.63) is 65.2 Å². The molecule has 1 amide bonds. The summed E-state index contributed by atoms with van der Waals surface area (Å²) >= 11 is 0. The summed E-state index contributed by atoms with van der Waals surface area (Å²) < 4.78 is 18.7. The third-order valence-electron chi connectivity index (χ3n) is 5.39. The topological polar surface area (TPSA) is 72.1 Å². The Bertz CT molecular complexity index is 1010. The Morgan fingerprint density at radius 3 is 2.90 bits per heavy atom. The summed E-state index contributed by atoms with van der Waals surface area (Å²) in [6.07, 6.45) is 4.27. The minimum atomic E-state index is -0.391. The first-order valence-corrected chi connectivity index (χ1v) is 9.80. The van der Waals surface area contributed by atoms with Gasteiger partial charge in [0, 0.05) is 24.3 Å². The Morgan fingerprint density at radius 2 is 2.14 bits per heavy atom. The molecule has 3 aromatic rings. The molecule has 1 aliphatic heterocycles. The van der Waals surface area contributed by atoms with Crippen molar-refractivity contribution >= 4 is 5.91 Å². The highest BCUT2D eigenvalue weighted by molar-refractivity contribution is 5.94. The average Bonchev–Trinajstić information content (AvgIpc) is 3.06. The van der Waals surface area contributed by atoms with E-state index in [0.29, 0.717) is 24.6 Å². The van der Waals surface area contributed by atoms with Crippen LogP contribution in [0.25, 0.3) is 11.3 Å². The van der Waals surface area contributed by atoms with Crippen LogP contribution in [-0.2, 0) is 6.42 Å². The molecule has 1 aliphatic rings. The van der Waals surface area contributed by atoms with Gasteiger partial charge in [0.05, 0.1) is 17.0 Å². The minimum Gasteiger partial charge on any atom is -0.361 e. The quantitative estimate of drug-likeness (QED) is 0.669. The molecule has 0 saturated carbocycles. The smallest absolute Gasteiger partial charge is 0.253 e. The Hall–Kier alpha value is -3.09. The zero-order valence-electron chi connectivity index (χ0n) is 16.6. The van der Waals surface area contributed by atoms with Crippen molar-refractivity contribution in [3.63, 3.8) is 0 Å². The van der Waals surface area contributed by atoms with Crippen LogP contribution in [0.1, 0.15) is 40.3 Å².